The summed E-state index contributed by atoms with van der Waals surface area (Å²) in [5.74, 6) is 0.295. The molecule has 0 radical (unpaired) electrons. The molecule has 0 bridgehead atoms. The van der Waals surface area contributed by atoms with E-state index in [4.69, 9.17) is 4.74 Å². The molecule has 0 unspecified atom stereocenters. The van der Waals surface area contributed by atoms with Crippen LogP contribution in [0.15, 0.2) is 23.2 Å². The summed E-state index contributed by atoms with van der Waals surface area (Å²) in [4.78, 5) is 4.55. The van der Waals surface area contributed by atoms with E-state index in [0.29, 0.717) is 18.2 Å². The minimum Gasteiger partial charge on any atom is -0.350 e. The Morgan fingerprint density at radius 3 is 2.65 bits per heavy atom. The molecule has 20 heavy (non-hydrogen) atoms. The summed E-state index contributed by atoms with van der Waals surface area (Å²) in [6, 6.07) is 5.63. The average molecular weight is 296 g/mol. The van der Waals surface area contributed by atoms with E-state index in [0.717, 1.165) is 23.1 Å². The van der Waals surface area contributed by atoms with Crippen LogP contribution in [0, 0.1) is 12.8 Å². The van der Waals surface area contributed by atoms with Crippen molar-refractivity contribution in [2.75, 3.05) is 17.6 Å². The molecule has 1 aliphatic rings. The molecule has 1 aromatic carbocycles. The van der Waals surface area contributed by atoms with Gasteiger partial charge >= 0.3 is 0 Å². The second kappa shape index (κ2) is 5.54. The molecule has 0 aliphatic carbocycles. The van der Waals surface area contributed by atoms with Gasteiger partial charge in [0, 0.05) is 5.56 Å². The molecule has 110 valence electrons. The normalized spacial score (nSPS) is 19.2. The fourth-order valence-corrected chi connectivity index (χ4v) is 2.75. The minimum absolute atomic E-state index is 0.156. The molecule has 0 aromatic heterocycles. The molecule has 6 heteroatoms. The van der Waals surface area contributed by atoms with Crippen LogP contribution < -0.4 is 4.72 Å². The maximum atomic E-state index is 11.5. The molecule has 1 atom stereocenters. The first-order valence-corrected chi connectivity index (χ1v) is 8.43. The molecule has 0 saturated heterocycles. The number of nitrogens with one attached hydrogen (secondary N) is 1. The van der Waals surface area contributed by atoms with Crippen molar-refractivity contribution < 1.29 is 13.2 Å². The first-order valence-electron chi connectivity index (χ1n) is 6.54. The standard InChI is InChI=1S/C14H20N2O3S/c1-9(2)14-15-12(8-19-14)11-7-5-6-10(3)13(11)16-20(4,17)18/h5-7,9,14,16H,8H2,1-4H3/t14-/m1/s1. The van der Waals surface area contributed by atoms with Crippen LogP contribution >= 0.6 is 0 Å². The Balaban J connectivity index is 2.43. The van der Waals surface area contributed by atoms with Gasteiger partial charge in [-0.25, -0.2) is 8.42 Å². The number of hydrogen-bond acceptors (Lipinski definition) is 4. The largest absolute Gasteiger partial charge is 0.350 e. The Bertz CT molecular complexity index is 636. The van der Waals surface area contributed by atoms with Crippen LogP contribution in [0.25, 0.3) is 0 Å². The van der Waals surface area contributed by atoms with Gasteiger partial charge in [0.15, 0.2) is 6.23 Å². The number of hydrogen-bond donors (Lipinski definition) is 1. The van der Waals surface area contributed by atoms with Crippen molar-refractivity contribution in [3.05, 3.63) is 29.3 Å². The van der Waals surface area contributed by atoms with E-state index in [-0.39, 0.29) is 6.23 Å². The predicted octanol–water partition coefficient (Wildman–Crippen LogP) is 2.17. The molecule has 0 saturated carbocycles. The number of para-hydroxylation sites is 1. The highest BCUT2D eigenvalue weighted by atomic mass is 32.2. The van der Waals surface area contributed by atoms with Crippen LogP contribution in [0.5, 0.6) is 0 Å². The van der Waals surface area contributed by atoms with E-state index in [9.17, 15) is 8.42 Å². The summed E-state index contributed by atoms with van der Waals surface area (Å²) in [5, 5.41) is 0. The first kappa shape index (κ1) is 15.0. The number of aryl methyl sites for hydroxylation is 1. The number of sulfonamides is 1. The van der Waals surface area contributed by atoms with Gasteiger partial charge in [0.05, 0.1) is 24.3 Å². The monoisotopic (exact) mass is 296 g/mol. The topological polar surface area (TPSA) is 67.8 Å². The molecular formula is C14H20N2O3S. The number of anilines is 1. The predicted molar refractivity (Wildman–Crippen MR) is 80.8 cm³/mol. The summed E-state index contributed by atoms with van der Waals surface area (Å²) < 4.78 is 31.2. The molecule has 5 nitrogen and oxygen atoms in total. The summed E-state index contributed by atoms with van der Waals surface area (Å²) in [5.41, 5.74) is 3.03. The summed E-state index contributed by atoms with van der Waals surface area (Å²) in [6.45, 7) is 6.37. The summed E-state index contributed by atoms with van der Waals surface area (Å²) in [7, 11) is -3.33. The van der Waals surface area contributed by atoms with Gasteiger partial charge in [-0.2, -0.15) is 0 Å². The Kier molecular flexibility index (Phi) is 4.15. The van der Waals surface area contributed by atoms with Crippen LogP contribution in [0.2, 0.25) is 0 Å². The molecule has 1 aliphatic heterocycles. The molecule has 1 heterocycles. The van der Waals surface area contributed by atoms with Crippen LogP contribution in [0.4, 0.5) is 5.69 Å². The maximum absolute atomic E-state index is 11.5. The van der Waals surface area contributed by atoms with E-state index < -0.39 is 10.0 Å². The van der Waals surface area contributed by atoms with E-state index in [1.165, 1.54) is 0 Å². The molecule has 1 N–H and O–H groups in total. The molecular weight excluding hydrogens is 276 g/mol. The van der Waals surface area contributed by atoms with Crippen molar-refractivity contribution in [1.29, 1.82) is 0 Å². The molecule has 0 amide bonds. The highest BCUT2D eigenvalue weighted by Gasteiger charge is 2.24. The van der Waals surface area contributed by atoms with Crippen molar-refractivity contribution in [3.63, 3.8) is 0 Å². The molecule has 1 aromatic rings. The van der Waals surface area contributed by atoms with E-state index in [1.807, 2.05) is 39.0 Å². The zero-order valence-electron chi connectivity index (χ0n) is 12.2. The number of aliphatic imine (C=N–C) groups is 1. The van der Waals surface area contributed by atoms with Gasteiger partial charge in [0.25, 0.3) is 0 Å². The van der Waals surface area contributed by atoms with Gasteiger partial charge < -0.3 is 4.74 Å². The van der Waals surface area contributed by atoms with Gasteiger partial charge in [0.1, 0.15) is 0 Å². The van der Waals surface area contributed by atoms with Gasteiger partial charge in [-0.15, -0.1) is 0 Å². The van der Waals surface area contributed by atoms with Crippen molar-refractivity contribution in [1.82, 2.24) is 0 Å². The molecule has 0 fully saturated rings. The summed E-state index contributed by atoms with van der Waals surface area (Å²) >= 11 is 0. The lowest BCUT2D eigenvalue weighted by atomic mass is 10.0. The first-order chi connectivity index (χ1) is 9.28. The fraction of sp³-hybridized carbons (Fsp3) is 0.500. The number of rotatable bonds is 4. The zero-order chi connectivity index (χ0) is 14.9. The minimum atomic E-state index is -3.33. The van der Waals surface area contributed by atoms with E-state index in [1.54, 1.807) is 0 Å². The SMILES string of the molecule is Cc1cccc(C2=N[C@@H](C(C)C)OC2)c1NS(C)(=O)=O. The number of nitrogens with zero attached hydrogens (tertiary/aromatic N) is 1. The lowest BCUT2D eigenvalue weighted by Crippen LogP contribution is -2.15. The van der Waals surface area contributed by atoms with E-state index >= 15 is 0 Å². The third kappa shape index (κ3) is 3.37. The van der Waals surface area contributed by atoms with Crippen LogP contribution in [-0.2, 0) is 14.8 Å². The smallest absolute Gasteiger partial charge is 0.229 e. The summed E-state index contributed by atoms with van der Waals surface area (Å²) in [6.07, 6.45) is 0.990. The lowest BCUT2D eigenvalue weighted by molar-refractivity contribution is 0.0730. The van der Waals surface area contributed by atoms with Crippen LogP contribution in [0.1, 0.15) is 25.0 Å². The third-order valence-electron chi connectivity index (χ3n) is 3.12. The zero-order valence-corrected chi connectivity index (χ0v) is 13.0. The van der Waals surface area contributed by atoms with Gasteiger partial charge in [-0.1, -0.05) is 32.0 Å². The highest BCUT2D eigenvalue weighted by Crippen LogP contribution is 2.26. The quantitative estimate of drug-likeness (QED) is 0.926. The van der Waals surface area contributed by atoms with Crippen molar-refractivity contribution in [3.8, 4) is 0 Å². The van der Waals surface area contributed by atoms with Gasteiger partial charge in [-0.3, -0.25) is 9.71 Å². The third-order valence-corrected chi connectivity index (χ3v) is 3.69. The van der Waals surface area contributed by atoms with Crippen LogP contribution in [-0.4, -0.2) is 33.2 Å². The van der Waals surface area contributed by atoms with E-state index in [2.05, 4.69) is 9.71 Å². The fourth-order valence-electron chi connectivity index (χ4n) is 2.11. The van der Waals surface area contributed by atoms with Crippen molar-refractivity contribution >= 4 is 21.4 Å². The Morgan fingerprint density at radius 1 is 1.40 bits per heavy atom. The van der Waals surface area contributed by atoms with Crippen molar-refractivity contribution in [2.45, 2.75) is 27.0 Å². The number of benzene rings is 1. The Hall–Kier alpha value is -1.40. The highest BCUT2D eigenvalue weighted by molar-refractivity contribution is 7.92. The maximum Gasteiger partial charge on any atom is 0.229 e. The van der Waals surface area contributed by atoms with Crippen LogP contribution in [0.3, 0.4) is 0 Å². The lowest BCUT2D eigenvalue weighted by Gasteiger charge is -2.13. The Labute approximate surface area is 120 Å². The average Bonchev–Trinajstić information content (AvgIpc) is 2.79. The number of ether oxygens (including phenoxy) is 1. The second-order valence-corrected chi connectivity index (χ2v) is 7.14. The Morgan fingerprint density at radius 2 is 2.10 bits per heavy atom. The molecule has 2 rings (SSSR count). The van der Waals surface area contributed by atoms with Gasteiger partial charge in [0.2, 0.25) is 10.0 Å². The molecule has 0 spiro atoms. The van der Waals surface area contributed by atoms with Gasteiger partial charge in [-0.05, 0) is 18.4 Å². The second-order valence-electron chi connectivity index (χ2n) is 5.39. The van der Waals surface area contributed by atoms with Crippen molar-refractivity contribution in [2.24, 2.45) is 10.9 Å².